The Kier molecular flexibility index (Phi) is 4.66. The minimum Gasteiger partial charge on any atom is -0.310 e. The van der Waals surface area contributed by atoms with Crippen molar-refractivity contribution in [1.82, 2.24) is 15.2 Å². The lowest BCUT2D eigenvalue weighted by Gasteiger charge is -2.14. The summed E-state index contributed by atoms with van der Waals surface area (Å²) in [6.45, 7) is 0.353. The normalized spacial score (nSPS) is 15.8. The van der Waals surface area contributed by atoms with E-state index in [9.17, 15) is 12.8 Å². The number of hydrazine groups is 1. The maximum Gasteiger partial charge on any atom is 0.253 e. The first-order valence-corrected chi connectivity index (χ1v) is 8.07. The first-order valence-electron chi connectivity index (χ1n) is 6.20. The van der Waals surface area contributed by atoms with E-state index in [1.807, 2.05) is 0 Å². The highest BCUT2D eigenvalue weighted by Gasteiger charge is 2.23. The average Bonchev–Trinajstić information content (AvgIpc) is 3.13. The van der Waals surface area contributed by atoms with Crippen LogP contribution in [0.3, 0.4) is 0 Å². The predicted octanol–water partition coefficient (Wildman–Crippen LogP) is 1.49. The minimum absolute atomic E-state index is 0.0399. The summed E-state index contributed by atoms with van der Waals surface area (Å²) in [7, 11) is -0.713. The molecule has 0 bridgehead atoms. The molecule has 20 heavy (non-hydrogen) atoms. The molecule has 1 aliphatic rings. The molecule has 0 atom stereocenters. The van der Waals surface area contributed by atoms with E-state index >= 15 is 0 Å². The van der Waals surface area contributed by atoms with Gasteiger partial charge in [0, 0.05) is 26.7 Å². The number of hydrogen-bond donors (Lipinski definition) is 2. The average molecular weight is 322 g/mol. The molecule has 1 fully saturated rings. The quantitative estimate of drug-likeness (QED) is 0.779. The molecule has 0 aliphatic heterocycles. The Morgan fingerprint density at radius 1 is 1.40 bits per heavy atom. The molecule has 112 valence electrons. The van der Waals surface area contributed by atoms with Gasteiger partial charge in [0.1, 0.15) is 5.82 Å². The first kappa shape index (κ1) is 15.7. The number of nitrogens with zero attached hydrogens (tertiary/aromatic N) is 1. The molecule has 0 amide bonds. The summed E-state index contributed by atoms with van der Waals surface area (Å²) in [5.41, 5.74) is 0.442. The zero-order chi connectivity index (χ0) is 14.9. The van der Waals surface area contributed by atoms with Gasteiger partial charge in [0.15, 0.2) is 0 Å². The van der Waals surface area contributed by atoms with Gasteiger partial charge in [-0.2, -0.15) is 0 Å². The molecule has 1 aromatic carbocycles. The van der Waals surface area contributed by atoms with E-state index in [0.717, 1.165) is 18.9 Å². The van der Waals surface area contributed by atoms with Gasteiger partial charge in [-0.3, -0.25) is 0 Å². The second-order valence-corrected chi connectivity index (χ2v) is 7.06. The molecule has 2 rings (SSSR count). The Labute approximate surface area is 123 Å². The minimum atomic E-state index is -3.79. The summed E-state index contributed by atoms with van der Waals surface area (Å²) in [5, 5.41) is 4.43. The SMILES string of the molecule is CN(C)NS(=O)(=O)c1cc(F)c(Cl)c(CNC2CC2)c1. The molecule has 0 spiro atoms. The molecule has 1 saturated carbocycles. The summed E-state index contributed by atoms with van der Waals surface area (Å²) >= 11 is 5.88. The summed E-state index contributed by atoms with van der Waals surface area (Å²) in [6, 6.07) is 2.75. The highest BCUT2D eigenvalue weighted by Crippen LogP contribution is 2.26. The fourth-order valence-corrected chi connectivity index (χ4v) is 3.06. The van der Waals surface area contributed by atoms with Crippen LogP contribution < -0.4 is 10.1 Å². The molecule has 0 saturated heterocycles. The van der Waals surface area contributed by atoms with Crippen molar-refractivity contribution in [2.45, 2.75) is 30.3 Å². The molecule has 0 unspecified atom stereocenters. The van der Waals surface area contributed by atoms with Crippen LogP contribution in [-0.4, -0.2) is 33.6 Å². The molecular weight excluding hydrogens is 305 g/mol. The Bertz CT molecular complexity index is 603. The standard InChI is InChI=1S/C12H17ClFN3O2S/c1-17(2)16-20(18,19)10-5-8(7-15-9-3-4-9)12(13)11(14)6-10/h5-6,9,15-16H,3-4,7H2,1-2H3. The van der Waals surface area contributed by atoms with Gasteiger partial charge in [-0.05, 0) is 30.5 Å². The number of sulfonamides is 1. The van der Waals surface area contributed by atoms with Crippen molar-refractivity contribution in [3.63, 3.8) is 0 Å². The van der Waals surface area contributed by atoms with Gasteiger partial charge in [0.2, 0.25) is 0 Å². The second kappa shape index (κ2) is 5.95. The van der Waals surface area contributed by atoms with Gasteiger partial charge >= 0.3 is 0 Å². The monoisotopic (exact) mass is 321 g/mol. The van der Waals surface area contributed by atoms with E-state index in [4.69, 9.17) is 11.6 Å². The van der Waals surface area contributed by atoms with Gasteiger partial charge in [0.25, 0.3) is 10.0 Å². The van der Waals surface area contributed by atoms with Crippen LogP contribution in [0.25, 0.3) is 0 Å². The van der Waals surface area contributed by atoms with Gasteiger partial charge < -0.3 is 5.32 Å². The number of rotatable bonds is 6. The maximum absolute atomic E-state index is 13.8. The van der Waals surface area contributed by atoms with Gasteiger partial charge in [-0.15, -0.1) is 4.83 Å². The summed E-state index contributed by atoms with van der Waals surface area (Å²) in [4.78, 5) is 2.12. The maximum atomic E-state index is 13.8. The highest BCUT2D eigenvalue weighted by molar-refractivity contribution is 7.89. The van der Waals surface area contributed by atoms with Crippen LogP contribution in [0.1, 0.15) is 18.4 Å². The van der Waals surface area contributed by atoms with Crippen LogP contribution in [0, 0.1) is 5.82 Å². The Morgan fingerprint density at radius 3 is 2.60 bits per heavy atom. The Morgan fingerprint density at radius 2 is 2.05 bits per heavy atom. The molecule has 0 aromatic heterocycles. The third kappa shape index (κ3) is 3.89. The zero-order valence-electron chi connectivity index (χ0n) is 11.3. The molecule has 2 N–H and O–H groups in total. The van der Waals surface area contributed by atoms with Crippen LogP contribution in [0.4, 0.5) is 4.39 Å². The van der Waals surface area contributed by atoms with Crippen molar-refractivity contribution in [3.8, 4) is 0 Å². The molecule has 0 heterocycles. The van der Waals surface area contributed by atoms with Crippen LogP contribution in [-0.2, 0) is 16.6 Å². The summed E-state index contributed by atoms with van der Waals surface area (Å²) in [6.07, 6.45) is 2.17. The predicted molar refractivity (Wildman–Crippen MR) is 75.3 cm³/mol. The van der Waals surface area contributed by atoms with E-state index < -0.39 is 15.8 Å². The lowest BCUT2D eigenvalue weighted by Crippen LogP contribution is -2.36. The van der Waals surface area contributed by atoms with Crippen LogP contribution in [0.2, 0.25) is 5.02 Å². The smallest absolute Gasteiger partial charge is 0.253 e. The molecule has 5 nitrogen and oxygen atoms in total. The Hall–Kier alpha value is -0.730. The Balaban J connectivity index is 2.29. The van der Waals surface area contributed by atoms with E-state index in [2.05, 4.69) is 10.1 Å². The lowest BCUT2D eigenvalue weighted by atomic mass is 10.2. The highest BCUT2D eigenvalue weighted by atomic mass is 35.5. The van der Waals surface area contributed by atoms with Crippen LogP contribution in [0.15, 0.2) is 17.0 Å². The molecule has 8 heteroatoms. The van der Waals surface area contributed by atoms with E-state index in [1.165, 1.54) is 11.1 Å². The van der Waals surface area contributed by atoms with Crippen molar-refractivity contribution in [2.24, 2.45) is 0 Å². The van der Waals surface area contributed by atoms with Gasteiger partial charge in [-0.1, -0.05) is 11.6 Å². The van der Waals surface area contributed by atoms with Crippen molar-refractivity contribution in [2.75, 3.05) is 14.1 Å². The number of halogens is 2. The van der Waals surface area contributed by atoms with Crippen LogP contribution >= 0.6 is 11.6 Å². The van der Waals surface area contributed by atoms with Gasteiger partial charge in [0.05, 0.1) is 9.92 Å². The molecule has 1 aliphatic carbocycles. The third-order valence-electron chi connectivity index (χ3n) is 2.85. The number of nitrogens with one attached hydrogen (secondary N) is 2. The van der Waals surface area contributed by atoms with Crippen molar-refractivity contribution < 1.29 is 12.8 Å². The summed E-state index contributed by atoms with van der Waals surface area (Å²) < 4.78 is 37.8. The third-order valence-corrected chi connectivity index (χ3v) is 4.73. The number of benzene rings is 1. The molecule has 1 aromatic rings. The lowest BCUT2D eigenvalue weighted by molar-refractivity contribution is 0.364. The van der Waals surface area contributed by atoms with Crippen molar-refractivity contribution in [1.29, 1.82) is 0 Å². The fraction of sp³-hybridized carbons (Fsp3) is 0.500. The van der Waals surface area contributed by atoms with Crippen LogP contribution in [0.5, 0.6) is 0 Å². The van der Waals surface area contributed by atoms with Crippen molar-refractivity contribution in [3.05, 3.63) is 28.5 Å². The first-order chi connectivity index (χ1) is 9.29. The number of hydrogen-bond acceptors (Lipinski definition) is 4. The van der Waals surface area contributed by atoms with E-state index in [1.54, 1.807) is 14.1 Å². The largest absolute Gasteiger partial charge is 0.310 e. The fourth-order valence-electron chi connectivity index (χ4n) is 1.74. The molecular formula is C12H17ClFN3O2S. The second-order valence-electron chi connectivity index (χ2n) is 5.02. The summed E-state index contributed by atoms with van der Waals surface area (Å²) in [5.74, 6) is -0.735. The molecule has 0 radical (unpaired) electrons. The van der Waals surface area contributed by atoms with Gasteiger partial charge in [-0.25, -0.2) is 17.8 Å². The topological polar surface area (TPSA) is 61.4 Å². The van der Waals surface area contributed by atoms with E-state index in [-0.39, 0.29) is 9.92 Å². The van der Waals surface area contributed by atoms with Crippen molar-refractivity contribution >= 4 is 21.6 Å². The zero-order valence-corrected chi connectivity index (χ0v) is 12.9. The van der Waals surface area contributed by atoms with E-state index in [0.29, 0.717) is 18.2 Å².